The first-order chi connectivity index (χ1) is 10.6. The van der Waals surface area contributed by atoms with E-state index in [0.717, 1.165) is 42.3 Å². The van der Waals surface area contributed by atoms with Crippen LogP contribution in [0.1, 0.15) is 31.2 Å². The number of carbonyl (C=O) groups excluding carboxylic acids is 1. The number of H-pyrrole nitrogens is 1. The van der Waals surface area contributed by atoms with E-state index in [-0.39, 0.29) is 17.9 Å². The van der Waals surface area contributed by atoms with Crippen molar-refractivity contribution < 1.29 is 9.90 Å². The molecule has 0 aromatic carbocycles. The normalized spacial score (nSPS) is 21.9. The summed E-state index contributed by atoms with van der Waals surface area (Å²) in [7, 11) is 1.83. The molecule has 5 nitrogen and oxygen atoms in total. The van der Waals surface area contributed by atoms with Gasteiger partial charge >= 0.3 is 0 Å². The van der Waals surface area contributed by atoms with E-state index in [1.54, 1.807) is 11.1 Å². The van der Waals surface area contributed by atoms with Crippen molar-refractivity contribution in [3.05, 3.63) is 30.1 Å². The van der Waals surface area contributed by atoms with E-state index in [2.05, 4.69) is 9.97 Å². The van der Waals surface area contributed by atoms with E-state index in [4.69, 9.17) is 0 Å². The number of fused-ring (bicyclic) bond motifs is 1. The fraction of sp³-hybridized carbons (Fsp3) is 0.529. The van der Waals surface area contributed by atoms with Gasteiger partial charge in [0.2, 0.25) is 5.91 Å². The molecule has 0 aliphatic heterocycles. The van der Waals surface area contributed by atoms with Crippen molar-refractivity contribution in [1.82, 2.24) is 14.9 Å². The first-order valence-corrected chi connectivity index (χ1v) is 7.98. The van der Waals surface area contributed by atoms with E-state index >= 15 is 0 Å². The molecule has 22 heavy (non-hydrogen) atoms. The monoisotopic (exact) mass is 301 g/mol. The largest absolute Gasteiger partial charge is 0.393 e. The summed E-state index contributed by atoms with van der Waals surface area (Å²) < 4.78 is 0. The second kappa shape index (κ2) is 6.48. The lowest BCUT2D eigenvalue weighted by Gasteiger charge is -2.31. The number of aromatic nitrogens is 2. The van der Waals surface area contributed by atoms with E-state index in [1.165, 1.54) is 0 Å². The highest BCUT2D eigenvalue weighted by molar-refractivity contribution is 5.87. The zero-order valence-corrected chi connectivity index (χ0v) is 13.0. The van der Waals surface area contributed by atoms with E-state index in [1.807, 2.05) is 25.4 Å². The molecule has 0 spiro atoms. The van der Waals surface area contributed by atoms with Crippen molar-refractivity contribution in [2.24, 2.45) is 5.92 Å². The van der Waals surface area contributed by atoms with Gasteiger partial charge in [0.05, 0.1) is 12.5 Å². The van der Waals surface area contributed by atoms with Gasteiger partial charge in [-0.1, -0.05) is 12.8 Å². The van der Waals surface area contributed by atoms with Crippen molar-refractivity contribution in [2.75, 3.05) is 13.6 Å². The van der Waals surface area contributed by atoms with Crippen LogP contribution in [0.4, 0.5) is 0 Å². The number of aromatic amines is 1. The van der Waals surface area contributed by atoms with Crippen LogP contribution in [-0.2, 0) is 11.2 Å². The average Bonchev–Trinajstić information content (AvgIpc) is 2.93. The minimum absolute atomic E-state index is 0.0857. The summed E-state index contributed by atoms with van der Waals surface area (Å²) in [5.41, 5.74) is 1.79. The number of nitrogens with one attached hydrogen (secondary N) is 1. The second-order valence-electron chi connectivity index (χ2n) is 6.28. The smallest absolute Gasteiger partial charge is 0.226 e. The Kier molecular flexibility index (Phi) is 4.43. The molecule has 2 aromatic rings. The predicted octanol–water partition coefficient (Wildman–Crippen LogP) is 2.11. The molecule has 118 valence electrons. The first kappa shape index (κ1) is 15.0. The molecule has 2 N–H and O–H groups in total. The van der Waals surface area contributed by atoms with Gasteiger partial charge in [-0.3, -0.25) is 4.79 Å². The molecule has 2 unspecified atom stereocenters. The van der Waals surface area contributed by atoms with Gasteiger partial charge in [-0.25, -0.2) is 4.98 Å². The van der Waals surface area contributed by atoms with Crippen molar-refractivity contribution in [3.8, 4) is 0 Å². The Morgan fingerprint density at radius 3 is 3.09 bits per heavy atom. The number of amides is 1. The number of carbonyl (C=O) groups is 1. The minimum atomic E-state index is -0.263. The molecule has 0 saturated heterocycles. The molecular formula is C17H23N3O2. The zero-order chi connectivity index (χ0) is 15.5. The van der Waals surface area contributed by atoms with Gasteiger partial charge in [0, 0.05) is 37.3 Å². The van der Waals surface area contributed by atoms with Crippen molar-refractivity contribution in [3.63, 3.8) is 0 Å². The number of likely N-dealkylation sites (N-methyl/N-ethyl adjacent to an activating group) is 1. The van der Waals surface area contributed by atoms with Gasteiger partial charge in [-0.15, -0.1) is 0 Å². The predicted molar refractivity (Wildman–Crippen MR) is 85.4 cm³/mol. The van der Waals surface area contributed by atoms with Crippen molar-refractivity contribution >= 4 is 16.9 Å². The summed E-state index contributed by atoms with van der Waals surface area (Å²) in [5, 5.41) is 11.0. The maximum absolute atomic E-state index is 12.4. The maximum atomic E-state index is 12.4. The van der Waals surface area contributed by atoms with E-state index in [0.29, 0.717) is 13.0 Å². The van der Waals surface area contributed by atoms with Gasteiger partial charge in [0.15, 0.2) is 0 Å². The third-order valence-electron chi connectivity index (χ3n) is 4.68. The third-order valence-corrected chi connectivity index (χ3v) is 4.68. The van der Waals surface area contributed by atoms with Crippen LogP contribution in [0, 0.1) is 5.92 Å². The molecule has 0 bridgehead atoms. The highest BCUT2D eigenvalue weighted by Crippen LogP contribution is 2.25. The Labute approximate surface area is 130 Å². The Hall–Kier alpha value is -1.88. The van der Waals surface area contributed by atoms with Gasteiger partial charge in [-0.05, 0) is 30.5 Å². The molecule has 5 heteroatoms. The highest BCUT2D eigenvalue weighted by Gasteiger charge is 2.25. The highest BCUT2D eigenvalue weighted by atomic mass is 16.3. The number of hydrogen-bond donors (Lipinski definition) is 2. The Bertz CT molecular complexity index is 652. The molecule has 1 aliphatic carbocycles. The van der Waals surface area contributed by atoms with Gasteiger partial charge in [-0.2, -0.15) is 0 Å². The summed E-state index contributed by atoms with van der Waals surface area (Å²) in [4.78, 5) is 21.5. The molecule has 1 amide bonds. The second-order valence-corrected chi connectivity index (χ2v) is 6.28. The molecule has 1 fully saturated rings. The molecular weight excluding hydrogens is 278 g/mol. The fourth-order valence-corrected chi connectivity index (χ4v) is 3.31. The molecule has 2 aromatic heterocycles. The number of aliphatic hydroxyl groups is 1. The van der Waals surface area contributed by atoms with Gasteiger partial charge < -0.3 is 15.0 Å². The molecule has 2 atom stereocenters. The summed E-state index contributed by atoms with van der Waals surface area (Å²) in [6.45, 7) is 0.639. The Morgan fingerprint density at radius 2 is 2.27 bits per heavy atom. The first-order valence-electron chi connectivity index (χ1n) is 7.98. The number of rotatable bonds is 4. The minimum Gasteiger partial charge on any atom is -0.393 e. The molecule has 0 radical (unpaired) electrons. The molecule has 3 rings (SSSR count). The van der Waals surface area contributed by atoms with Crippen LogP contribution in [0.15, 0.2) is 24.5 Å². The average molecular weight is 301 g/mol. The lowest BCUT2D eigenvalue weighted by Crippen LogP contribution is -2.38. The Balaban J connectivity index is 1.63. The quantitative estimate of drug-likeness (QED) is 0.909. The molecule has 1 saturated carbocycles. The number of hydrogen-bond acceptors (Lipinski definition) is 3. The standard InChI is InChI=1S/C17H23N3O2/c1-20(11-12-5-2-3-7-15(12)21)16(22)9-13-10-19-17-14(13)6-4-8-18-17/h4,6,8,10,12,15,21H,2-3,5,7,9,11H2,1H3,(H,18,19). The SMILES string of the molecule is CN(CC1CCCCC1O)C(=O)Cc1c[nH]c2ncccc12. The lowest BCUT2D eigenvalue weighted by molar-refractivity contribution is -0.130. The zero-order valence-electron chi connectivity index (χ0n) is 13.0. The van der Waals surface area contributed by atoms with Crippen LogP contribution >= 0.6 is 0 Å². The third kappa shape index (κ3) is 3.14. The van der Waals surface area contributed by atoms with Gasteiger partial charge in [0.25, 0.3) is 0 Å². The molecule has 1 aliphatic rings. The maximum Gasteiger partial charge on any atom is 0.226 e. The van der Waals surface area contributed by atoms with Crippen LogP contribution < -0.4 is 0 Å². The summed E-state index contributed by atoms with van der Waals surface area (Å²) in [6.07, 6.45) is 7.82. The van der Waals surface area contributed by atoms with E-state index in [9.17, 15) is 9.90 Å². The fourth-order valence-electron chi connectivity index (χ4n) is 3.31. The van der Waals surface area contributed by atoms with Gasteiger partial charge in [0.1, 0.15) is 5.65 Å². The Morgan fingerprint density at radius 1 is 1.45 bits per heavy atom. The summed E-state index contributed by atoms with van der Waals surface area (Å²) >= 11 is 0. The van der Waals surface area contributed by atoms with Crippen molar-refractivity contribution in [1.29, 1.82) is 0 Å². The van der Waals surface area contributed by atoms with Crippen LogP contribution in [0.2, 0.25) is 0 Å². The van der Waals surface area contributed by atoms with Crippen LogP contribution in [0.25, 0.3) is 11.0 Å². The van der Waals surface area contributed by atoms with E-state index < -0.39 is 0 Å². The van der Waals surface area contributed by atoms with Crippen LogP contribution in [0.3, 0.4) is 0 Å². The number of aliphatic hydroxyl groups excluding tert-OH is 1. The lowest BCUT2D eigenvalue weighted by atomic mass is 9.86. The van der Waals surface area contributed by atoms with Crippen molar-refractivity contribution in [2.45, 2.75) is 38.2 Å². The number of pyridine rings is 1. The topological polar surface area (TPSA) is 69.2 Å². The van der Waals surface area contributed by atoms with Crippen LogP contribution in [-0.4, -0.2) is 45.6 Å². The number of nitrogens with zero attached hydrogens (tertiary/aromatic N) is 2. The van der Waals surface area contributed by atoms with Crippen LogP contribution in [0.5, 0.6) is 0 Å². The summed E-state index contributed by atoms with van der Waals surface area (Å²) in [5.74, 6) is 0.301. The molecule has 2 heterocycles. The summed E-state index contributed by atoms with van der Waals surface area (Å²) in [6, 6.07) is 3.86.